The molecule has 102 valence electrons. The van der Waals surface area contributed by atoms with Crippen LogP contribution in [-0.4, -0.2) is 44.9 Å². The molecule has 0 aliphatic heterocycles. The predicted molar refractivity (Wildman–Crippen MR) is 42.3 cm³/mol. The molecule has 0 aromatic rings. The summed E-state index contributed by atoms with van der Waals surface area (Å²) in [5, 5.41) is 31.2. The van der Waals surface area contributed by atoms with Crippen molar-refractivity contribution in [2.45, 2.75) is 44.7 Å². The van der Waals surface area contributed by atoms with E-state index in [9.17, 15) is 17.6 Å². The van der Waals surface area contributed by atoms with Crippen molar-refractivity contribution in [3.05, 3.63) is 0 Å². The Bertz CT molecular complexity index is 181. The van der Waals surface area contributed by atoms with Crippen molar-refractivity contribution in [2.24, 2.45) is 0 Å². The monoisotopic (exact) mass is 1310 g/mol. The fourth-order valence-electron chi connectivity index (χ4n) is 0.183. The number of halogens is 4. The topological polar surface area (TPSA) is 80.9 Å². The van der Waals surface area contributed by atoms with Crippen molar-refractivity contribution in [1.29, 1.82) is 0 Å². The van der Waals surface area contributed by atoms with Gasteiger partial charge in [0.25, 0.3) is 11.8 Å². The van der Waals surface area contributed by atoms with E-state index >= 15 is 0 Å². The van der Waals surface area contributed by atoms with Gasteiger partial charge in [0, 0.05) is 13.3 Å². The van der Waals surface area contributed by atoms with Gasteiger partial charge in [0.2, 0.25) is 12.6 Å². The van der Waals surface area contributed by atoms with Crippen molar-refractivity contribution in [3.8, 4) is 0 Å². The summed E-state index contributed by atoms with van der Waals surface area (Å²) < 4.78 is 46.2. The van der Waals surface area contributed by atoms with Gasteiger partial charge in [-0.2, -0.15) is 0 Å². The third-order valence-corrected chi connectivity index (χ3v) is 1.30. The number of aliphatic hydroxyl groups is 4. The Labute approximate surface area is 83.8 Å². The van der Waals surface area contributed by atoms with Crippen LogP contribution in [0.25, 0.3) is 0 Å². The van der Waals surface area contributed by atoms with Crippen molar-refractivity contribution in [3.63, 3.8) is 0 Å². The number of hydrogen-bond acceptors (Lipinski definition) is 4. The van der Waals surface area contributed by atoms with Crippen LogP contribution in [0.3, 0.4) is 0 Å². The molecule has 0 unspecified atom stereocenters. The molecule has 0 heterocycles. The van der Waals surface area contributed by atoms with Crippen LogP contribution in [0, 0.1) is 0 Å². The van der Waals surface area contributed by atoms with Crippen molar-refractivity contribution < 1.29 is 38.0 Å². The molecule has 0 radical (unpaired) electrons. The molecule has 0 atom stereocenters. The van der Waals surface area contributed by atoms with Crippen LogP contribution < -0.4 is 0 Å². The molecule has 0 fully saturated rings. The molecule has 0 rings (SSSR count). The Balaban J connectivity index is -0.0000000369. The van der Waals surface area contributed by atoms with Gasteiger partial charge in [-0.05, 0) is 0 Å². The predicted octanol–water partition coefficient (Wildman–Crippen LogP) is 0.295. The van der Waals surface area contributed by atoms with E-state index in [1.807, 2.05) is 0 Å². The molecule has 0 aromatic carbocycles. The third kappa shape index (κ3) is 16.2. The van der Waals surface area contributed by atoms with Crippen molar-refractivity contribution in [1.82, 2.24) is 0 Å². The zero-order chi connectivity index (χ0) is 12.9. The van der Waals surface area contributed by atoms with Gasteiger partial charge >= 0.3 is 0 Å². The van der Waals surface area contributed by atoms with Gasteiger partial charge in [0.05, 0.1) is 0 Å². The second kappa shape index (κ2) is 10.1. The van der Waals surface area contributed by atoms with Crippen LogP contribution in [-0.2, 0) is 0 Å². The zero-order valence-electron chi connectivity index (χ0n) is 11.0. The Morgan fingerprint density at radius 3 is 1.00 bits per heavy atom. The number of aliphatic hydroxyl groups excluding tert-OH is 2. The van der Waals surface area contributed by atoms with Gasteiger partial charge in [-0.15, -0.1) is 0 Å². The van der Waals surface area contributed by atoms with Crippen molar-refractivity contribution in [2.75, 3.05) is 0 Å². The van der Waals surface area contributed by atoms with E-state index in [1.54, 1.807) is 0 Å². The molecule has 0 amide bonds. The standard InChI is InChI=1S/C4H8F2O2.C3H6F2O2.4Rf/c1-2-4(5,6)3(7)8;1-3(4,5)2(6)7;;;;/h3,7-8H,2H2,1H3;2,6-7H,1H3;;;;. The first-order valence-electron chi connectivity index (χ1n) is 3.93. The van der Waals surface area contributed by atoms with Crippen LogP contribution in [0.5, 0.6) is 0 Å². The molecule has 0 spiro atoms. The summed E-state index contributed by atoms with van der Waals surface area (Å²) in [5.41, 5.74) is 0. The minimum absolute atomic E-state index is 0. The molecule has 0 aromatic heterocycles. The van der Waals surface area contributed by atoms with E-state index in [4.69, 9.17) is 20.4 Å². The second-order valence-corrected chi connectivity index (χ2v) is 2.82. The zero-order valence-corrected chi connectivity index (χ0v) is 36.6. The van der Waals surface area contributed by atoms with Crippen LogP contribution in [0.2, 0.25) is 0 Å². The van der Waals surface area contributed by atoms with E-state index in [0.29, 0.717) is 6.92 Å². The van der Waals surface area contributed by atoms with Gasteiger partial charge in [-0.25, -0.2) is 17.6 Å². The average molecular weight is 1310 g/mol. The SMILES string of the molecule is CC(F)(F)C(O)O.CCC(F)(F)C(O)O.[Rf].[Rf].[Rf].[Rf]. The van der Waals surface area contributed by atoms with Crippen LogP contribution in [0.4, 0.5) is 17.6 Å². The van der Waals surface area contributed by atoms with Crippen molar-refractivity contribution >= 4 is 0 Å². The van der Waals surface area contributed by atoms with Crippen LogP contribution in [0.1, 0.15) is 20.3 Å². The molecule has 0 aliphatic carbocycles. The van der Waals surface area contributed by atoms with Crippen LogP contribution >= 0.6 is 0 Å². The first-order valence-corrected chi connectivity index (χ1v) is 3.93. The van der Waals surface area contributed by atoms with E-state index in [2.05, 4.69) is 0 Å². The molecule has 12 heteroatoms. The van der Waals surface area contributed by atoms with E-state index < -0.39 is 30.8 Å². The normalized spacial score (nSPS) is 10.1. The maximum absolute atomic E-state index is 11.8. The Kier molecular flexibility index (Phi) is 19.4. The van der Waals surface area contributed by atoms with E-state index in [1.165, 1.54) is 6.92 Å². The molecule has 0 bridgehead atoms. The Morgan fingerprint density at radius 2 is 1.00 bits per heavy atom. The Hall–Kier alpha value is -4.44. The van der Waals surface area contributed by atoms with Gasteiger partial charge in [0.15, 0.2) is 0 Å². The average Bonchev–Trinajstić information content (AvgIpc) is 2.03. The van der Waals surface area contributed by atoms with Gasteiger partial charge in [-0.3, -0.25) is 0 Å². The summed E-state index contributed by atoms with van der Waals surface area (Å²) in [7, 11) is 0. The first kappa shape index (κ1) is 36.5. The molecule has 4 N–H and O–H groups in total. The Morgan fingerprint density at radius 1 is 0.789 bits per heavy atom. The van der Waals surface area contributed by atoms with Crippen LogP contribution in [0.15, 0.2) is 0 Å². The smallest absolute Gasteiger partial charge is 0.297 e. The quantitative estimate of drug-likeness (QED) is 0.243. The fraction of sp³-hybridized carbons (Fsp3) is 1.00. The third-order valence-electron chi connectivity index (χ3n) is 1.30. The molecule has 0 saturated heterocycles. The fourth-order valence-corrected chi connectivity index (χ4v) is 0.183. The van der Waals surface area contributed by atoms with Gasteiger partial charge in [-0.1, -0.05) is 6.92 Å². The minimum atomic E-state index is -3.39. The molecule has 0 saturated carbocycles. The van der Waals surface area contributed by atoms with E-state index in [0.717, 1.165) is 0 Å². The molecular weight excluding hydrogens is 1290 g/mol. The summed E-state index contributed by atoms with van der Waals surface area (Å²) >= 11 is 0. The maximum atomic E-state index is 11.8. The number of alkyl halides is 4. The number of rotatable bonds is 3. The number of hydrogen-bond donors (Lipinski definition) is 4. The van der Waals surface area contributed by atoms with Gasteiger partial charge in [0.1, 0.15) is 0 Å². The minimum Gasteiger partial charge on any atom is -0.363 e. The maximum Gasteiger partial charge on any atom is 0.297 e. The largest absolute Gasteiger partial charge is 0.363 e. The summed E-state index contributed by atoms with van der Waals surface area (Å²) in [6, 6.07) is 0. The first-order chi connectivity index (χ1) is 6.45. The summed E-state index contributed by atoms with van der Waals surface area (Å²) in [5.74, 6) is -6.74. The second-order valence-electron chi connectivity index (χ2n) is 2.82. The molecular formula is C7H14F4O4Rf4. The summed E-state index contributed by atoms with van der Waals surface area (Å²) in [6.07, 6.45) is -5.61. The summed E-state index contributed by atoms with van der Waals surface area (Å²) in [4.78, 5) is 0. The van der Waals surface area contributed by atoms with E-state index in [-0.39, 0.29) is 0 Å². The summed E-state index contributed by atoms with van der Waals surface area (Å²) in [6.45, 7) is 1.61. The van der Waals surface area contributed by atoms with Gasteiger partial charge < -0.3 is 20.4 Å². The molecule has 0 aliphatic rings. The molecule has 19 heavy (non-hydrogen) atoms. The molecule has 4 nitrogen and oxygen atoms in total.